The molecule has 154 valence electrons. The van der Waals surface area contributed by atoms with Gasteiger partial charge in [0.2, 0.25) is 0 Å². The second kappa shape index (κ2) is 8.82. The van der Waals surface area contributed by atoms with Crippen LogP contribution in [-0.2, 0) is 11.3 Å². The summed E-state index contributed by atoms with van der Waals surface area (Å²) in [5.41, 5.74) is 0.0582. The lowest BCUT2D eigenvalue weighted by Crippen LogP contribution is -2.58. The van der Waals surface area contributed by atoms with Crippen molar-refractivity contribution in [2.75, 3.05) is 31.6 Å². The van der Waals surface area contributed by atoms with Gasteiger partial charge in [-0.1, -0.05) is 19.9 Å². The molecule has 0 aromatic carbocycles. The monoisotopic (exact) mass is 404 g/mol. The Morgan fingerprint density at radius 2 is 1.89 bits per heavy atom. The molecular formula is C21H32N4O2S. The summed E-state index contributed by atoms with van der Waals surface area (Å²) in [5.74, 6) is 1.36. The third kappa shape index (κ3) is 4.06. The maximum absolute atomic E-state index is 13.5. The SMILES string of the molecule is CSC[C@@H](C)N1CCC2(CC1)C(=O)N(Cc1ccccn1)C(=O)N2CC(C)C. The van der Waals surface area contributed by atoms with Gasteiger partial charge in [-0.2, -0.15) is 11.8 Å². The molecule has 0 N–H and O–H groups in total. The first-order chi connectivity index (χ1) is 13.4. The number of pyridine rings is 1. The van der Waals surface area contributed by atoms with Crippen LogP contribution < -0.4 is 0 Å². The topological polar surface area (TPSA) is 56.8 Å². The highest BCUT2D eigenvalue weighted by Gasteiger charge is 2.58. The number of urea groups is 1. The Morgan fingerprint density at radius 1 is 1.18 bits per heavy atom. The first kappa shape index (κ1) is 21.1. The van der Waals surface area contributed by atoms with Gasteiger partial charge in [0.15, 0.2) is 0 Å². The van der Waals surface area contributed by atoms with Crippen molar-refractivity contribution >= 4 is 23.7 Å². The van der Waals surface area contributed by atoms with Crippen molar-refractivity contribution in [1.29, 1.82) is 0 Å². The third-order valence-electron chi connectivity index (χ3n) is 5.87. The second-order valence-corrected chi connectivity index (χ2v) is 9.28. The Morgan fingerprint density at radius 3 is 2.46 bits per heavy atom. The first-order valence-electron chi connectivity index (χ1n) is 10.2. The minimum Gasteiger partial charge on any atom is -0.309 e. The Bertz CT molecular complexity index is 689. The zero-order chi connectivity index (χ0) is 20.3. The molecule has 1 aromatic heterocycles. The number of aromatic nitrogens is 1. The fraction of sp³-hybridized carbons (Fsp3) is 0.667. The number of nitrogens with zero attached hydrogens (tertiary/aromatic N) is 4. The molecule has 3 amide bonds. The van der Waals surface area contributed by atoms with E-state index in [0.29, 0.717) is 31.3 Å². The predicted molar refractivity (Wildman–Crippen MR) is 113 cm³/mol. The summed E-state index contributed by atoms with van der Waals surface area (Å²) >= 11 is 1.85. The smallest absolute Gasteiger partial charge is 0.309 e. The van der Waals surface area contributed by atoms with Gasteiger partial charge in [-0.15, -0.1) is 0 Å². The molecule has 3 rings (SSSR count). The molecule has 0 aliphatic carbocycles. The number of piperidine rings is 1. The summed E-state index contributed by atoms with van der Waals surface area (Å²) in [7, 11) is 0. The van der Waals surface area contributed by atoms with E-state index in [9.17, 15) is 9.59 Å². The Hall–Kier alpha value is -1.60. The highest BCUT2D eigenvalue weighted by molar-refractivity contribution is 7.98. The van der Waals surface area contributed by atoms with Gasteiger partial charge in [0.1, 0.15) is 5.54 Å². The van der Waals surface area contributed by atoms with E-state index in [-0.39, 0.29) is 18.5 Å². The van der Waals surface area contributed by atoms with Crippen molar-refractivity contribution in [3.8, 4) is 0 Å². The normalized spacial score (nSPS) is 21.2. The van der Waals surface area contributed by atoms with E-state index in [2.05, 4.69) is 36.9 Å². The van der Waals surface area contributed by atoms with Crippen molar-refractivity contribution in [1.82, 2.24) is 19.7 Å². The van der Waals surface area contributed by atoms with Crippen LogP contribution in [0.4, 0.5) is 4.79 Å². The van der Waals surface area contributed by atoms with Gasteiger partial charge < -0.3 is 4.90 Å². The van der Waals surface area contributed by atoms with Gasteiger partial charge in [-0.25, -0.2) is 4.79 Å². The Kier molecular flexibility index (Phi) is 6.65. The van der Waals surface area contributed by atoms with Crippen LogP contribution in [0.2, 0.25) is 0 Å². The van der Waals surface area contributed by atoms with Crippen LogP contribution >= 0.6 is 11.8 Å². The molecule has 28 heavy (non-hydrogen) atoms. The predicted octanol–water partition coefficient (Wildman–Crippen LogP) is 3.09. The summed E-state index contributed by atoms with van der Waals surface area (Å²) in [6, 6.07) is 5.93. The van der Waals surface area contributed by atoms with Gasteiger partial charge >= 0.3 is 6.03 Å². The van der Waals surface area contributed by atoms with E-state index in [4.69, 9.17) is 0 Å². The third-order valence-corrected chi connectivity index (χ3v) is 6.69. The van der Waals surface area contributed by atoms with Gasteiger partial charge in [0.05, 0.1) is 12.2 Å². The van der Waals surface area contributed by atoms with Crippen LogP contribution in [0, 0.1) is 5.92 Å². The fourth-order valence-electron chi connectivity index (χ4n) is 4.36. The second-order valence-electron chi connectivity index (χ2n) is 8.37. The maximum Gasteiger partial charge on any atom is 0.328 e. The number of amides is 3. The molecule has 0 radical (unpaired) electrons. The summed E-state index contributed by atoms with van der Waals surface area (Å²) in [6.07, 6.45) is 5.25. The molecule has 1 atom stereocenters. The van der Waals surface area contributed by atoms with Crippen molar-refractivity contribution < 1.29 is 9.59 Å². The summed E-state index contributed by atoms with van der Waals surface area (Å²) in [4.78, 5) is 36.8. The molecule has 0 bridgehead atoms. The van der Waals surface area contributed by atoms with Crippen LogP contribution in [0.15, 0.2) is 24.4 Å². The minimum absolute atomic E-state index is 0.0408. The molecule has 2 saturated heterocycles. The first-order valence-corrected chi connectivity index (χ1v) is 11.5. The lowest BCUT2D eigenvalue weighted by atomic mass is 9.85. The standard InChI is InChI=1S/C21H32N4O2S/c1-16(2)13-25-20(27)24(14-18-7-5-6-10-22-18)19(26)21(25)8-11-23(12-9-21)17(3)15-28-4/h5-7,10,16-17H,8-9,11-15H2,1-4H3/t17-/m1/s1. The van der Waals surface area contributed by atoms with Crippen LogP contribution in [0.25, 0.3) is 0 Å². The number of hydrogen-bond donors (Lipinski definition) is 0. The number of thioether (sulfide) groups is 1. The number of hydrogen-bond acceptors (Lipinski definition) is 5. The van der Waals surface area contributed by atoms with Crippen molar-refractivity contribution in [3.63, 3.8) is 0 Å². The molecule has 1 aromatic rings. The van der Waals surface area contributed by atoms with Crippen LogP contribution in [-0.4, -0.2) is 74.8 Å². The average molecular weight is 405 g/mol. The van der Waals surface area contributed by atoms with Gasteiger partial charge in [0.25, 0.3) is 5.91 Å². The lowest BCUT2D eigenvalue weighted by molar-refractivity contribution is -0.136. The molecule has 0 saturated carbocycles. The molecular weight excluding hydrogens is 372 g/mol. The van der Waals surface area contributed by atoms with Gasteiger partial charge in [0, 0.05) is 37.6 Å². The number of likely N-dealkylation sites (tertiary alicyclic amines) is 1. The Balaban J connectivity index is 1.82. The highest BCUT2D eigenvalue weighted by Crippen LogP contribution is 2.39. The Labute approximate surface area is 172 Å². The van der Waals surface area contributed by atoms with Crippen molar-refractivity contribution in [2.45, 2.75) is 51.7 Å². The zero-order valence-corrected chi connectivity index (χ0v) is 18.2. The zero-order valence-electron chi connectivity index (χ0n) is 17.4. The number of carbonyl (C=O) groups is 2. The minimum atomic E-state index is -0.689. The molecule has 6 nitrogen and oxygen atoms in total. The highest BCUT2D eigenvalue weighted by atomic mass is 32.2. The molecule has 3 heterocycles. The molecule has 2 fully saturated rings. The quantitative estimate of drug-likeness (QED) is 0.654. The fourth-order valence-corrected chi connectivity index (χ4v) is 5.05. The average Bonchev–Trinajstić information content (AvgIpc) is 2.86. The van der Waals surface area contributed by atoms with Crippen molar-refractivity contribution in [3.05, 3.63) is 30.1 Å². The van der Waals surface area contributed by atoms with Crippen LogP contribution in [0.5, 0.6) is 0 Å². The van der Waals surface area contributed by atoms with Gasteiger partial charge in [-0.3, -0.25) is 19.6 Å². The maximum atomic E-state index is 13.5. The molecule has 1 spiro atoms. The lowest BCUT2D eigenvalue weighted by Gasteiger charge is -2.44. The number of rotatable bonds is 7. The summed E-state index contributed by atoms with van der Waals surface area (Å²) in [6.45, 7) is 9.02. The molecule has 7 heteroatoms. The van der Waals surface area contributed by atoms with E-state index < -0.39 is 5.54 Å². The van der Waals surface area contributed by atoms with E-state index in [1.54, 1.807) is 6.20 Å². The van der Waals surface area contributed by atoms with E-state index in [1.165, 1.54) is 4.90 Å². The van der Waals surface area contributed by atoms with E-state index in [1.807, 2.05) is 34.9 Å². The van der Waals surface area contributed by atoms with Gasteiger partial charge in [-0.05, 0) is 44.1 Å². The molecule has 2 aliphatic rings. The van der Waals surface area contributed by atoms with Crippen molar-refractivity contribution in [2.24, 2.45) is 5.92 Å². The van der Waals surface area contributed by atoms with E-state index >= 15 is 0 Å². The summed E-state index contributed by atoms with van der Waals surface area (Å²) in [5, 5.41) is 0. The molecule has 2 aliphatic heterocycles. The van der Waals surface area contributed by atoms with Crippen LogP contribution in [0.1, 0.15) is 39.3 Å². The largest absolute Gasteiger partial charge is 0.328 e. The summed E-state index contributed by atoms with van der Waals surface area (Å²) < 4.78 is 0. The van der Waals surface area contributed by atoms with E-state index in [0.717, 1.165) is 24.5 Å². The van der Waals surface area contributed by atoms with Crippen LogP contribution in [0.3, 0.4) is 0 Å². The molecule has 0 unspecified atom stereocenters. The number of imide groups is 1. The number of carbonyl (C=O) groups excluding carboxylic acids is 2.